The number of rotatable bonds is 4. The summed E-state index contributed by atoms with van der Waals surface area (Å²) in [5.74, 6) is 0.981. The predicted octanol–water partition coefficient (Wildman–Crippen LogP) is 10.2. The molecular formula is C39H35N3. The number of hydrogen-bond acceptors (Lipinski definition) is 1. The van der Waals surface area contributed by atoms with Gasteiger partial charge in [-0.2, -0.15) is 0 Å². The van der Waals surface area contributed by atoms with Crippen LogP contribution in [0.3, 0.4) is 0 Å². The summed E-state index contributed by atoms with van der Waals surface area (Å²) >= 11 is 0. The fourth-order valence-electron chi connectivity index (χ4n) is 6.53. The predicted molar refractivity (Wildman–Crippen MR) is 177 cm³/mol. The summed E-state index contributed by atoms with van der Waals surface area (Å²) in [6.45, 7) is 11.2. The SMILES string of the molecule is Cc1cc(-c2ccc3c(c2)c2ccccc2n3-c2ccccc2)cc(C)c1-n1ccnc1-c1ccccc1C(C)(C)C. The number of imidazole rings is 1. The number of nitrogens with zero attached hydrogens (tertiary/aromatic N) is 3. The molecule has 5 aromatic carbocycles. The summed E-state index contributed by atoms with van der Waals surface area (Å²) in [4.78, 5) is 4.85. The Morgan fingerprint density at radius 2 is 1.29 bits per heavy atom. The molecule has 7 aromatic rings. The molecule has 0 aliphatic heterocycles. The van der Waals surface area contributed by atoms with Crippen LogP contribution in [0.1, 0.15) is 37.5 Å². The van der Waals surface area contributed by atoms with Crippen molar-refractivity contribution < 1.29 is 0 Å². The van der Waals surface area contributed by atoms with Gasteiger partial charge in [-0.15, -0.1) is 0 Å². The molecule has 0 aliphatic rings. The molecule has 2 aromatic heterocycles. The maximum Gasteiger partial charge on any atom is 0.144 e. The van der Waals surface area contributed by atoms with Gasteiger partial charge in [-0.1, -0.05) is 87.5 Å². The maximum absolute atomic E-state index is 4.85. The van der Waals surface area contributed by atoms with Crippen molar-refractivity contribution in [2.45, 2.75) is 40.0 Å². The van der Waals surface area contributed by atoms with E-state index in [9.17, 15) is 0 Å². The molecule has 0 spiro atoms. The van der Waals surface area contributed by atoms with Crippen molar-refractivity contribution in [2.75, 3.05) is 0 Å². The Kier molecular flexibility index (Phi) is 6.13. The van der Waals surface area contributed by atoms with E-state index in [1.165, 1.54) is 66.6 Å². The first-order chi connectivity index (χ1) is 20.3. The van der Waals surface area contributed by atoms with Crippen LogP contribution in [-0.4, -0.2) is 14.1 Å². The van der Waals surface area contributed by atoms with Gasteiger partial charge in [-0.25, -0.2) is 4.98 Å². The Bertz CT molecular complexity index is 2060. The third-order valence-corrected chi connectivity index (χ3v) is 8.37. The van der Waals surface area contributed by atoms with Gasteiger partial charge in [-0.05, 0) is 89.5 Å². The third-order valence-electron chi connectivity index (χ3n) is 8.37. The highest BCUT2D eigenvalue weighted by molar-refractivity contribution is 6.10. The fraction of sp³-hybridized carbons (Fsp3) is 0.154. The Labute approximate surface area is 247 Å². The second kappa shape index (κ2) is 9.88. The molecule has 3 nitrogen and oxygen atoms in total. The zero-order valence-corrected chi connectivity index (χ0v) is 24.9. The average molecular weight is 546 g/mol. The molecule has 0 unspecified atom stereocenters. The van der Waals surface area contributed by atoms with E-state index >= 15 is 0 Å². The van der Waals surface area contributed by atoms with Gasteiger partial charge >= 0.3 is 0 Å². The van der Waals surface area contributed by atoms with Crippen LogP contribution in [0.4, 0.5) is 0 Å². The van der Waals surface area contributed by atoms with Crippen molar-refractivity contribution in [3.05, 3.63) is 138 Å². The number of para-hydroxylation sites is 2. The quantitative estimate of drug-likeness (QED) is 0.216. The van der Waals surface area contributed by atoms with Crippen LogP contribution >= 0.6 is 0 Å². The van der Waals surface area contributed by atoms with E-state index in [-0.39, 0.29) is 5.41 Å². The van der Waals surface area contributed by atoms with Crippen molar-refractivity contribution in [3.8, 4) is 33.9 Å². The number of hydrogen-bond donors (Lipinski definition) is 0. The number of aromatic nitrogens is 3. The van der Waals surface area contributed by atoms with Crippen LogP contribution in [0, 0.1) is 13.8 Å². The molecule has 3 heteroatoms. The standard InChI is InChI=1S/C39H35N3/c1-26-23-29(24-27(2)37(26)41-22-21-40-38(41)32-16-9-11-17-34(32)39(3,4)5)28-19-20-36-33(25-28)31-15-10-12-18-35(31)42(36)30-13-7-6-8-14-30/h6-25H,1-5H3. The van der Waals surface area contributed by atoms with Gasteiger partial charge in [-0.3, -0.25) is 4.57 Å². The Morgan fingerprint density at radius 1 is 0.619 bits per heavy atom. The van der Waals surface area contributed by atoms with Gasteiger partial charge < -0.3 is 4.57 Å². The minimum Gasteiger partial charge on any atom is -0.309 e. The van der Waals surface area contributed by atoms with Crippen LogP contribution < -0.4 is 0 Å². The fourth-order valence-corrected chi connectivity index (χ4v) is 6.53. The topological polar surface area (TPSA) is 22.8 Å². The monoisotopic (exact) mass is 545 g/mol. The molecule has 0 atom stereocenters. The van der Waals surface area contributed by atoms with Crippen molar-refractivity contribution >= 4 is 21.8 Å². The lowest BCUT2D eigenvalue weighted by molar-refractivity contribution is 0.591. The molecule has 0 saturated carbocycles. The van der Waals surface area contributed by atoms with Gasteiger partial charge in [0.05, 0.1) is 16.7 Å². The minimum atomic E-state index is 0.0175. The van der Waals surface area contributed by atoms with E-state index in [1.54, 1.807) is 0 Å². The molecule has 0 amide bonds. The third kappa shape index (κ3) is 4.24. The zero-order chi connectivity index (χ0) is 29.0. The molecule has 2 heterocycles. The Balaban J connectivity index is 1.36. The van der Waals surface area contributed by atoms with E-state index < -0.39 is 0 Å². The Hall–Kier alpha value is -4.89. The smallest absolute Gasteiger partial charge is 0.144 e. The van der Waals surface area contributed by atoms with E-state index in [2.05, 4.69) is 159 Å². The van der Waals surface area contributed by atoms with E-state index in [0.29, 0.717) is 0 Å². The lowest BCUT2D eigenvalue weighted by atomic mass is 9.83. The lowest BCUT2D eigenvalue weighted by Gasteiger charge is -2.23. The van der Waals surface area contributed by atoms with Crippen molar-refractivity contribution in [1.82, 2.24) is 14.1 Å². The first kappa shape index (κ1) is 26.0. The second-order valence-corrected chi connectivity index (χ2v) is 12.3. The molecule has 0 fully saturated rings. The van der Waals surface area contributed by atoms with E-state index in [0.717, 1.165) is 5.82 Å². The first-order valence-electron chi connectivity index (χ1n) is 14.6. The van der Waals surface area contributed by atoms with Crippen molar-refractivity contribution in [3.63, 3.8) is 0 Å². The largest absolute Gasteiger partial charge is 0.309 e. The van der Waals surface area contributed by atoms with Crippen LogP contribution in [-0.2, 0) is 5.41 Å². The summed E-state index contributed by atoms with van der Waals surface area (Å²) in [7, 11) is 0. The van der Waals surface area contributed by atoms with Gasteiger partial charge in [0, 0.05) is 34.4 Å². The normalized spacial score (nSPS) is 11.9. The summed E-state index contributed by atoms with van der Waals surface area (Å²) < 4.78 is 4.62. The van der Waals surface area contributed by atoms with Gasteiger partial charge in [0.15, 0.2) is 0 Å². The highest BCUT2D eigenvalue weighted by atomic mass is 15.1. The highest BCUT2D eigenvalue weighted by Gasteiger charge is 2.22. The molecular weight excluding hydrogens is 510 g/mol. The molecule has 42 heavy (non-hydrogen) atoms. The summed E-state index contributed by atoms with van der Waals surface area (Å²) in [6, 6.07) is 39.5. The van der Waals surface area contributed by atoms with Crippen LogP contribution in [0.25, 0.3) is 55.7 Å². The van der Waals surface area contributed by atoms with Crippen LogP contribution in [0.2, 0.25) is 0 Å². The number of benzene rings is 5. The molecule has 0 saturated heterocycles. The van der Waals surface area contributed by atoms with Crippen LogP contribution in [0.15, 0.2) is 122 Å². The Morgan fingerprint density at radius 3 is 2.05 bits per heavy atom. The molecule has 0 radical (unpaired) electrons. The molecule has 0 aliphatic carbocycles. The summed E-state index contributed by atoms with van der Waals surface area (Å²) in [5.41, 5.74) is 12.2. The molecule has 7 rings (SSSR count). The molecule has 206 valence electrons. The second-order valence-electron chi connectivity index (χ2n) is 12.3. The first-order valence-corrected chi connectivity index (χ1v) is 14.6. The summed E-state index contributed by atoms with van der Waals surface area (Å²) in [5, 5.41) is 2.53. The van der Waals surface area contributed by atoms with Crippen molar-refractivity contribution in [2.24, 2.45) is 0 Å². The minimum absolute atomic E-state index is 0.0175. The van der Waals surface area contributed by atoms with Gasteiger partial charge in [0.1, 0.15) is 5.82 Å². The van der Waals surface area contributed by atoms with Gasteiger partial charge in [0.2, 0.25) is 0 Å². The number of fused-ring (bicyclic) bond motifs is 3. The van der Waals surface area contributed by atoms with E-state index in [4.69, 9.17) is 4.98 Å². The highest BCUT2D eigenvalue weighted by Crippen LogP contribution is 2.38. The van der Waals surface area contributed by atoms with Gasteiger partial charge in [0.25, 0.3) is 0 Å². The maximum atomic E-state index is 4.85. The van der Waals surface area contributed by atoms with Crippen molar-refractivity contribution in [1.29, 1.82) is 0 Å². The summed E-state index contributed by atoms with van der Waals surface area (Å²) in [6.07, 6.45) is 4.01. The van der Waals surface area contributed by atoms with Crippen LogP contribution in [0.5, 0.6) is 0 Å². The lowest BCUT2D eigenvalue weighted by Crippen LogP contribution is -2.14. The zero-order valence-electron chi connectivity index (χ0n) is 24.9. The molecule has 0 N–H and O–H groups in total. The van der Waals surface area contributed by atoms with E-state index in [1.807, 2.05) is 6.20 Å². The average Bonchev–Trinajstić information content (AvgIpc) is 3.59. The molecule has 0 bridgehead atoms. The number of aryl methyl sites for hydroxylation is 2.